The minimum Gasteiger partial charge on any atom is -0.330 e. The van der Waals surface area contributed by atoms with Crippen LogP contribution in [0.15, 0.2) is 0 Å². The Morgan fingerprint density at radius 3 is 2.65 bits per heavy atom. The molecule has 1 atom stereocenters. The molecule has 5 heteroatoms. The lowest BCUT2D eigenvalue weighted by Gasteiger charge is -2.35. The fraction of sp³-hybridized carbons (Fsp3) is 0.833. The predicted molar refractivity (Wildman–Crippen MR) is 66.3 cm³/mol. The Bertz CT molecular complexity index is 302. The molecule has 0 radical (unpaired) electrons. The van der Waals surface area contributed by atoms with Gasteiger partial charge in [0, 0.05) is 6.54 Å². The Labute approximate surface area is 103 Å². The van der Waals surface area contributed by atoms with Gasteiger partial charge in [-0.25, -0.2) is 0 Å². The van der Waals surface area contributed by atoms with Gasteiger partial charge in [0.15, 0.2) is 0 Å². The molecule has 1 unspecified atom stereocenters. The van der Waals surface area contributed by atoms with E-state index in [-0.39, 0.29) is 23.3 Å². The largest absolute Gasteiger partial charge is 0.330 e. The van der Waals surface area contributed by atoms with E-state index in [1.807, 2.05) is 11.8 Å². The second kappa shape index (κ2) is 5.60. The number of piperazine rings is 1. The van der Waals surface area contributed by atoms with Gasteiger partial charge in [-0.1, -0.05) is 20.8 Å². The van der Waals surface area contributed by atoms with Crippen LogP contribution >= 0.6 is 0 Å². The number of nitrogens with zero attached hydrogens (tertiary/aromatic N) is 1. The van der Waals surface area contributed by atoms with Gasteiger partial charge in [0.05, 0.1) is 12.6 Å². The summed E-state index contributed by atoms with van der Waals surface area (Å²) in [6, 6.07) is -0.179. The smallest absolute Gasteiger partial charge is 0.243 e. The Kier molecular flexibility index (Phi) is 4.65. The molecule has 1 fully saturated rings. The van der Waals surface area contributed by atoms with Crippen molar-refractivity contribution in [3.63, 3.8) is 0 Å². The van der Waals surface area contributed by atoms with Crippen molar-refractivity contribution in [3.05, 3.63) is 0 Å². The molecular weight excluding hydrogens is 218 g/mol. The Morgan fingerprint density at radius 2 is 2.12 bits per heavy atom. The Morgan fingerprint density at radius 1 is 1.47 bits per heavy atom. The maximum atomic E-state index is 11.6. The van der Waals surface area contributed by atoms with Crippen molar-refractivity contribution in [1.29, 1.82) is 0 Å². The number of imide groups is 1. The molecule has 2 amide bonds. The summed E-state index contributed by atoms with van der Waals surface area (Å²) in [5.74, 6) is -0.375. The number of rotatable bonds is 5. The van der Waals surface area contributed by atoms with Gasteiger partial charge < -0.3 is 5.73 Å². The maximum absolute atomic E-state index is 11.6. The lowest BCUT2D eigenvalue weighted by atomic mass is 9.89. The van der Waals surface area contributed by atoms with Crippen molar-refractivity contribution in [1.82, 2.24) is 10.2 Å². The quantitative estimate of drug-likeness (QED) is 0.669. The molecule has 1 saturated heterocycles. The molecular formula is C12H23N3O2. The van der Waals surface area contributed by atoms with Crippen LogP contribution in [0.4, 0.5) is 0 Å². The van der Waals surface area contributed by atoms with Crippen molar-refractivity contribution in [2.45, 2.75) is 39.7 Å². The fourth-order valence-electron chi connectivity index (χ4n) is 1.95. The molecule has 0 aromatic rings. The van der Waals surface area contributed by atoms with Gasteiger partial charge in [0.2, 0.25) is 11.8 Å². The summed E-state index contributed by atoms with van der Waals surface area (Å²) in [7, 11) is 0. The summed E-state index contributed by atoms with van der Waals surface area (Å²) in [6.07, 6.45) is 1.61. The zero-order valence-electron chi connectivity index (χ0n) is 11.0. The standard InChI is InChI=1S/C12H23N3O2/c1-4-9-11(17)14-10(16)7-15(9)6-5-12(2,3)8-13/h9H,4-8,13H2,1-3H3,(H,14,16,17). The first-order valence-electron chi connectivity index (χ1n) is 6.17. The van der Waals surface area contributed by atoms with Gasteiger partial charge >= 0.3 is 0 Å². The van der Waals surface area contributed by atoms with Gasteiger partial charge in [-0.2, -0.15) is 0 Å². The number of nitrogens with two attached hydrogens (primary N) is 1. The third kappa shape index (κ3) is 3.78. The zero-order valence-corrected chi connectivity index (χ0v) is 11.0. The van der Waals surface area contributed by atoms with Crippen LogP contribution < -0.4 is 11.1 Å². The van der Waals surface area contributed by atoms with Crippen LogP contribution in [-0.2, 0) is 9.59 Å². The van der Waals surface area contributed by atoms with Crippen LogP contribution in [0.3, 0.4) is 0 Å². The molecule has 17 heavy (non-hydrogen) atoms. The van der Waals surface area contributed by atoms with Crippen molar-refractivity contribution < 1.29 is 9.59 Å². The molecule has 98 valence electrons. The normalized spacial score (nSPS) is 22.7. The van der Waals surface area contributed by atoms with E-state index in [4.69, 9.17) is 5.73 Å². The first-order valence-corrected chi connectivity index (χ1v) is 6.17. The summed E-state index contributed by atoms with van der Waals surface area (Å²) >= 11 is 0. The van der Waals surface area contributed by atoms with E-state index in [0.29, 0.717) is 13.1 Å². The van der Waals surface area contributed by atoms with E-state index in [9.17, 15) is 9.59 Å². The molecule has 0 aromatic carbocycles. The van der Waals surface area contributed by atoms with Crippen LogP contribution in [-0.4, -0.2) is 42.4 Å². The van der Waals surface area contributed by atoms with Gasteiger partial charge in [-0.15, -0.1) is 0 Å². The summed E-state index contributed by atoms with van der Waals surface area (Å²) < 4.78 is 0. The third-order valence-corrected chi connectivity index (χ3v) is 3.37. The number of amides is 2. The average Bonchev–Trinajstić information content (AvgIpc) is 2.26. The van der Waals surface area contributed by atoms with E-state index < -0.39 is 0 Å². The second-order valence-electron chi connectivity index (χ2n) is 5.43. The number of nitrogens with one attached hydrogen (secondary N) is 1. The highest BCUT2D eigenvalue weighted by atomic mass is 16.2. The van der Waals surface area contributed by atoms with Crippen molar-refractivity contribution in [2.24, 2.45) is 11.1 Å². The third-order valence-electron chi connectivity index (χ3n) is 3.37. The van der Waals surface area contributed by atoms with E-state index in [2.05, 4.69) is 19.2 Å². The zero-order chi connectivity index (χ0) is 13.1. The Hall–Kier alpha value is -0.940. The number of hydrogen-bond acceptors (Lipinski definition) is 4. The van der Waals surface area contributed by atoms with E-state index in [1.54, 1.807) is 0 Å². The molecule has 1 aliphatic heterocycles. The molecule has 0 bridgehead atoms. The van der Waals surface area contributed by atoms with E-state index in [1.165, 1.54) is 0 Å². The number of hydrogen-bond donors (Lipinski definition) is 2. The second-order valence-corrected chi connectivity index (χ2v) is 5.43. The highest BCUT2D eigenvalue weighted by molar-refractivity contribution is 6.01. The van der Waals surface area contributed by atoms with Crippen LogP contribution in [0, 0.1) is 5.41 Å². The maximum Gasteiger partial charge on any atom is 0.243 e. The van der Waals surface area contributed by atoms with E-state index in [0.717, 1.165) is 19.4 Å². The van der Waals surface area contributed by atoms with Crippen LogP contribution in [0.1, 0.15) is 33.6 Å². The summed E-state index contributed by atoms with van der Waals surface area (Å²) in [6.45, 7) is 7.81. The number of carbonyl (C=O) groups is 2. The average molecular weight is 241 g/mol. The molecule has 5 nitrogen and oxygen atoms in total. The first-order chi connectivity index (χ1) is 7.89. The first kappa shape index (κ1) is 14.1. The molecule has 0 aromatic heterocycles. The molecule has 0 saturated carbocycles. The topological polar surface area (TPSA) is 75.4 Å². The minimum absolute atomic E-state index is 0.0509. The van der Waals surface area contributed by atoms with Gasteiger partial charge in [-0.3, -0.25) is 19.8 Å². The van der Waals surface area contributed by atoms with Gasteiger partial charge in [-0.05, 0) is 24.8 Å². The summed E-state index contributed by atoms with van der Waals surface area (Å²) in [5, 5.41) is 2.38. The number of carbonyl (C=O) groups excluding carboxylic acids is 2. The van der Waals surface area contributed by atoms with Crippen LogP contribution in [0.2, 0.25) is 0 Å². The lowest BCUT2D eigenvalue weighted by Crippen LogP contribution is -2.58. The minimum atomic E-state index is -0.203. The highest BCUT2D eigenvalue weighted by Crippen LogP contribution is 2.20. The molecule has 0 aliphatic carbocycles. The predicted octanol–water partition coefficient (Wildman–Crippen LogP) is 0.0984. The molecule has 1 aliphatic rings. The van der Waals surface area contributed by atoms with Crippen molar-refractivity contribution in [3.8, 4) is 0 Å². The highest BCUT2D eigenvalue weighted by Gasteiger charge is 2.32. The van der Waals surface area contributed by atoms with Gasteiger partial charge in [0.25, 0.3) is 0 Å². The fourth-order valence-corrected chi connectivity index (χ4v) is 1.95. The SMILES string of the molecule is CCC1C(=O)NC(=O)CN1CCC(C)(C)CN. The van der Waals surface area contributed by atoms with Crippen molar-refractivity contribution >= 4 is 11.8 Å². The van der Waals surface area contributed by atoms with Gasteiger partial charge in [0.1, 0.15) is 0 Å². The molecule has 0 spiro atoms. The Balaban J connectivity index is 2.60. The summed E-state index contributed by atoms with van der Waals surface area (Å²) in [4.78, 5) is 24.9. The lowest BCUT2D eigenvalue weighted by molar-refractivity contribution is -0.140. The van der Waals surface area contributed by atoms with Crippen LogP contribution in [0.5, 0.6) is 0 Å². The van der Waals surface area contributed by atoms with E-state index >= 15 is 0 Å². The molecule has 3 N–H and O–H groups in total. The summed E-state index contributed by atoms with van der Waals surface area (Å²) in [5.41, 5.74) is 5.73. The molecule has 1 rings (SSSR count). The molecule has 1 heterocycles. The van der Waals surface area contributed by atoms with Crippen LogP contribution in [0.25, 0.3) is 0 Å². The van der Waals surface area contributed by atoms with Crippen molar-refractivity contribution in [2.75, 3.05) is 19.6 Å². The monoisotopic (exact) mass is 241 g/mol.